The molecule has 6 nitrogen and oxygen atoms in total. The Balaban J connectivity index is 1.54. The number of nitrogens with zero attached hydrogens (tertiary/aromatic N) is 5. The molecule has 0 aliphatic heterocycles. The van der Waals surface area contributed by atoms with Crippen molar-refractivity contribution in [2.75, 3.05) is 5.84 Å². The molecule has 4 aromatic rings. The Morgan fingerprint density at radius 1 is 1.22 bits per heavy atom. The quantitative estimate of drug-likeness (QED) is 0.456. The highest BCUT2D eigenvalue weighted by molar-refractivity contribution is 7.98. The van der Waals surface area contributed by atoms with Crippen molar-refractivity contribution in [2.24, 2.45) is 0 Å². The summed E-state index contributed by atoms with van der Waals surface area (Å²) in [6.07, 6.45) is 4.10. The van der Waals surface area contributed by atoms with Crippen LogP contribution in [-0.2, 0) is 5.75 Å². The van der Waals surface area contributed by atoms with Crippen LogP contribution >= 0.6 is 23.1 Å². The first-order valence-corrected chi connectivity index (χ1v) is 8.88. The topological polar surface area (TPSA) is 74.0 Å². The van der Waals surface area contributed by atoms with Crippen LogP contribution in [0, 0.1) is 6.92 Å². The second-order valence-electron chi connectivity index (χ2n) is 5.15. The van der Waals surface area contributed by atoms with E-state index in [1.165, 1.54) is 22.0 Å². The minimum atomic E-state index is 0.682. The van der Waals surface area contributed by atoms with Gasteiger partial charge in [0.2, 0.25) is 5.16 Å². The van der Waals surface area contributed by atoms with Gasteiger partial charge in [-0.05, 0) is 30.0 Å². The van der Waals surface area contributed by atoms with Gasteiger partial charge in [-0.1, -0.05) is 23.9 Å². The third kappa shape index (κ3) is 2.71. The molecule has 0 amide bonds. The second-order valence-corrected chi connectivity index (χ2v) is 7.04. The Labute approximate surface area is 141 Å². The van der Waals surface area contributed by atoms with Crippen molar-refractivity contribution in [3.8, 4) is 10.7 Å². The molecule has 4 rings (SSSR count). The van der Waals surface area contributed by atoms with E-state index in [0.29, 0.717) is 16.7 Å². The first kappa shape index (κ1) is 14.3. The van der Waals surface area contributed by atoms with Gasteiger partial charge >= 0.3 is 0 Å². The zero-order valence-electron chi connectivity index (χ0n) is 12.4. The number of thioether (sulfide) groups is 1. The maximum Gasteiger partial charge on any atom is 0.210 e. The third-order valence-electron chi connectivity index (χ3n) is 3.40. The molecule has 23 heavy (non-hydrogen) atoms. The van der Waals surface area contributed by atoms with Gasteiger partial charge in [0.25, 0.3) is 0 Å². The second kappa shape index (κ2) is 5.71. The molecule has 0 fully saturated rings. The lowest BCUT2D eigenvalue weighted by Gasteiger charge is -2.00. The van der Waals surface area contributed by atoms with E-state index in [1.54, 1.807) is 11.3 Å². The van der Waals surface area contributed by atoms with E-state index >= 15 is 0 Å². The molecule has 4 heterocycles. The first-order chi connectivity index (χ1) is 11.2. The zero-order chi connectivity index (χ0) is 15.8. The Bertz CT molecular complexity index is 954. The van der Waals surface area contributed by atoms with Gasteiger partial charge < -0.3 is 10.2 Å². The smallest absolute Gasteiger partial charge is 0.210 e. The van der Waals surface area contributed by atoms with Crippen molar-refractivity contribution in [3.05, 3.63) is 53.3 Å². The van der Waals surface area contributed by atoms with Crippen molar-refractivity contribution < 1.29 is 0 Å². The number of aromatic nitrogens is 5. The average Bonchev–Trinajstić information content (AvgIpc) is 3.24. The third-order valence-corrected chi connectivity index (χ3v) is 5.25. The van der Waals surface area contributed by atoms with Gasteiger partial charge in [-0.25, -0.2) is 9.66 Å². The van der Waals surface area contributed by atoms with Crippen molar-refractivity contribution in [1.82, 2.24) is 24.3 Å². The van der Waals surface area contributed by atoms with Crippen molar-refractivity contribution >= 4 is 28.7 Å². The molecule has 0 atom stereocenters. The minimum Gasteiger partial charge on any atom is -0.335 e. The summed E-state index contributed by atoms with van der Waals surface area (Å²) in [6, 6.07) is 8.03. The van der Waals surface area contributed by atoms with Crippen LogP contribution in [0.3, 0.4) is 0 Å². The normalized spacial score (nSPS) is 11.3. The highest BCUT2D eigenvalue weighted by atomic mass is 32.2. The van der Waals surface area contributed by atoms with Gasteiger partial charge in [0.1, 0.15) is 5.65 Å². The highest BCUT2D eigenvalue weighted by Crippen LogP contribution is 2.26. The summed E-state index contributed by atoms with van der Waals surface area (Å²) in [7, 11) is 0. The minimum absolute atomic E-state index is 0.682. The van der Waals surface area contributed by atoms with Gasteiger partial charge in [0.05, 0.1) is 10.6 Å². The number of fused-ring (bicyclic) bond motifs is 1. The number of hydrogen-bond acceptors (Lipinski definition) is 6. The van der Waals surface area contributed by atoms with Crippen LogP contribution in [0.25, 0.3) is 16.3 Å². The standard InChI is InChI=1S/C15H14N6S2/c1-10-4-5-13-17-11(8-20(13)7-10)9-23-15-19-18-14(21(15)16)12-3-2-6-22-12/h2-8H,9,16H2,1H3. The van der Waals surface area contributed by atoms with Crippen molar-refractivity contribution in [1.29, 1.82) is 0 Å². The molecule has 0 spiro atoms. The van der Waals surface area contributed by atoms with E-state index in [4.69, 9.17) is 5.84 Å². The fraction of sp³-hybridized carbons (Fsp3) is 0.133. The van der Waals surface area contributed by atoms with E-state index in [2.05, 4.69) is 34.4 Å². The largest absolute Gasteiger partial charge is 0.335 e. The summed E-state index contributed by atoms with van der Waals surface area (Å²) in [5.74, 6) is 7.49. The summed E-state index contributed by atoms with van der Waals surface area (Å²) in [6.45, 7) is 2.07. The number of aryl methyl sites for hydroxylation is 1. The van der Waals surface area contributed by atoms with Crippen LogP contribution < -0.4 is 5.84 Å². The van der Waals surface area contributed by atoms with Gasteiger partial charge in [-0.2, -0.15) is 0 Å². The fourth-order valence-corrected chi connectivity index (χ4v) is 3.76. The SMILES string of the molecule is Cc1ccc2nc(CSc3nnc(-c4cccs4)n3N)cn2c1. The van der Waals surface area contributed by atoms with E-state index in [9.17, 15) is 0 Å². The fourth-order valence-electron chi connectivity index (χ4n) is 2.31. The summed E-state index contributed by atoms with van der Waals surface area (Å²) in [5.41, 5.74) is 3.14. The van der Waals surface area contributed by atoms with E-state index in [-0.39, 0.29) is 0 Å². The number of nitrogen functional groups attached to an aromatic ring is 1. The lowest BCUT2D eigenvalue weighted by Crippen LogP contribution is -2.11. The number of nitrogens with two attached hydrogens (primary N) is 1. The van der Waals surface area contributed by atoms with Crippen LogP contribution in [-0.4, -0.2) is 24.3 Å². The monoisotopic (exact) mass is 342 g/mol. The molecule has 0 bridgehead atoms. The lowest BCUT2D eigenvalue weighted by atomic mass is 10.3. The molecule has 0 unspecified atom stereocenters. The molecule has 0 saturated heterocycles. The van der Waals surface area contributed by atoms with Crippen molar-refractivity contribution in [2.45, 2.75) is 17.8 Å². The van der Waals surface area contributed by atoms with Crippen LogP contribution in [0.4, 0.5) is 0 Å². The first-order valence-electron chi connectivity index (χ1n) is 7.02. The Kier molecular flexibility index (Phi) is 3.55. The molecule has 0 aliphatic rings. The molecule has 8 heteroatoms. The van der Waals surface area contributed by atoms with E-state index in [0.717, 1.165) is 16.2 Å². The molecule has 2 N–H and O–H groups in total. The predicted molar refractivity (Wildman–Crippen MR) is 93.0 cm³/mol. The predicted octanol–water partition coefficient (Wildman–Crippen LogP) is 2.97. The molecular formula is C15H14N6S2. The molecule has 4 aromatic heterocycles. The molecule has 0 radical (unpaired) electrons. The number of thiophene rings is 1. The molecule has 0 aromatic carbocycles. The van der Waals surface area contributed by atoms with Crippen LogP contribution in [0.5, 0.6) is 0 Å². The summed E-state index contributed by atoms with van der Waals surface area (Å²) in [4.78, 5) is 5.61. The Morgan fingerprint density at radius 2 is 2.13 bits per heavy atom. The maximum absolute atomic E-state index is 6.11. The van der Waals surface area contributed by atoms with Crippen LogP contribution in [0.1, 0.15) is 11.3 Å². The molecule has 0 aliphatic carbocycles. The van der Waals surface area contributed by atoms with Gasteiger partial charge in [0.15, 0.2) is 5.82 Å². The van der Waals surface area contributed by atoms with Gasteiger partial charge in [0, 0.05) is 18.1 Å². The maximum atomic E-state index is 6.11. The summed E-state index contributed by atoms with van der Waals surface area (Å²) < 4.78 is 3.58. The van der Waals surface area contributed by atoms with Gasteiger partial charge in [-0.15, -0.1) is 21.5 Å². The lowest BCUT2D eigenvalue weighted by molar-refractivity contribution is 0.850. The summed E-state index contributed by atoms with van der Waals surface area (Å²) >= 11 is 3.12. The van der Waals surface area contributed by atoms with Gasteiger partial charge in [-0.3, -0.25) is 0 Å². The van der Waals surface area contributed by atoms with Crippen LogP contribution in [0.15, 0.2) is 47.2 Å². The van der Waals surface area contributed by atoms with E-state index in [1.807, 2.05) is 34.2 Å². The Hall–Kier alpha value is -2.32. The molecule has 0 saturated carbocycles. The van der Waals surface area contributed by atoms with Crippen LogP contribution in [0.2, 0.25) is 0 Å². The van der Waals surface area contributed by atoms with E-state index < -0.39 is 0 Å². The number of pyridine rings is 1. The summed E-state index contributed by atoms with van der Waals surface area (Å²) in [5, 5.41) is 11.0. The number of hydrogen-bond donors (Lipinski definition) is 1. The molecular weight excluding hydrogens is 328 g/mol. The number of imidazole rings is 1. The van der Waals surface area contributed by atoms with Crippen molar-refractivity contribution in [3.63, 3.8) is 0 Å². The Morgan fingerprint density at radius 3 is 2.96 bits per heavy atom. The highest BCUT2D eigenvalue weighted by Gasteiger charge is 2.13. The number of rotatable bonds is 4. The zero-order valence-corrected chi connectivity index (χ0v) is 14.0. The molecule has 116 valence electrons. The average molecular weight is 342 g/mol.